The summed E-state index contributed by atoms with van der Waals surface area (Å²) in [6.45, 7) is 0. The Kier molecular flexibility index (Phi) is 2.77. The summed E-state index contributed by atoms with van der Waals surface area (Å²) in [6, 6.07) is 8.53. The molecule has 17 heavy (non-hydrogen) atoms. The minimum atomic E-state index is 0.381. The molecule has 1 aromatic heterocycles. The topological polar surface area (TPSA) is 51.8 Å². The third kappa shape index (κ3) is 2.15. The van der Waals surface area contributed by atoms with Gasteiger partial charge in [-0.3, -0.25) is 0 Å². The lowest BCUT2D eigenvalue weighted by Gasteiger charge is -2.24. The van der Waals surface area contributed by atoms with Gasteiger partial charge in [-0.15, -0.1) is 0 Å². The van der Waals surface area contributed by atoms with E-state index in [-0.39, 0.29) is 0 Å². The molecule has 2 N–H and O–H groups in total. The minimum Gasteiger partial charge on any atom is -0.328 e. The van der Waals surface area contributed by atoms with Gasteiger partial charge >= 0.3 is 0 Å². The number of benzene rings is 1. The average Bonchev–Trinajstić information content (AvgIpc) is 2.39. The van der Waals surface area contributed by atoms with E-state index in [0.29, 0.717) is 12.0 Å². The highest BCUT2D eigenvalue weighted by Gasteiger charge is 2.22. The van der Waals surface area contributed by atoms with Crippen molar-refractivity contribution in [3.63, 3.8) is 0 Å². The molecule has 2 aromatic rings. The summed E-state index contributed by atoms with van der Waals surface area (Å²) in [5.74, 6) is 1.50. The first kappa shape index (κ1) is 10.7. The standard InChI is InChI=1S/C14H17N3/c15-12-7-5-10(6-8-12)14-16-9-11-3-1-2-4-13(11)17-14/h1-4,9-10,12H,5-8,15H2. The molecule has 1 aliphatic carbocycles. The van der Waals surface area contributed by atoms with Gasteiger partial charge in [0.15, 0.2) is 0 Å². The summed E-state index contributed by atoms with van der Waals surface area (Å²) in [5.41, 5.74) is 6.97. The average molecular weight is 227 g/mol. The molecule has 3 heteroatoms. The third-order valence-corrected chi connectivity index (χ3v) is 3.64. The Balaban J connectivity index is 1.90. The van der Waals surface area contributed by atoms with Gasteiger partial charge in [-0.1, -0.05) is 18.2 Å². The van der Waals surface area contributed by atoms with Crippen LogP contribution in [0.15, 0.2) is 30.5 Å². The maximum Gasteiger partial charge on any atom is 0.132 e. The van der Waals surface area contributed by atoms with Gasteiger partial charge in [-0.25, -0.2) is 9.97 Å². The van der Waals surface area contributed by atoms with Crippen molar-refractivity contribution in [2.45, 2.75) is 37.6 Å². The van der Waals surface area contributed by atoms with Gasteiger partial charge < -0.3 is 5.73 Å². The zero-order valence-electron chi connectivity index (χ0n) is 9.84. The van der Waals surface area contributed by atoms with Crippen molar-refractivity contribution in [2.75, 3.05) is 0 Å². The predicted octanol–water partition coefficient (Wildman–Crippen LogP) is 2.61. The largest absolute Gasteiger partial charge is 0.328 e. The number of nitrogens with two attached hydrogens (primary N) is 1. The van der Waals surface area contributed by atoms with Crippen molar-refractivity contribution >= 4 is 10.9 Å². The van der Waals surface area contributed by atoms with E-state index in [1.54, 1.807) is 0 Å². The molecule has 0 atom stereocenters. The summed E-state index contributed by atoms with van der Waals surface area (Å²) in [4.78, 5) is 9.18. The van der Waals surface area contributed by atoms with E-state index in [4.69, 9.17) is 5.73 Å². The van der Waals surface area contributed by atoms with Crippen LogP contribution in [0, 0.1) is 0 Å². The Morgan fingerprint density at radius 3 is 2.65 bits per heavy atom. The van der Waals surface area contributed by atoms with E-state index in [9.17, 15) is 0 Å². The van der Waals surface area contributed by atoms with Crippen LogP contribution >= 0.6 is 0 Å². The molecular formula is C14H17N3. The summed E-state index contributed by atoms with van der Waals surface area (Å²) < 4.78 is 0. The maximum atomic E-state index is 5.92. The van der Waals surface area contributed by atoms with Gasteiger partial charge in [-0.2, -0.15) is 0 Å². The van der Waals surface area contributed by atoms with Crippen molar-refractivity contribution in [3.8, 4) is 0 Å². The van der Waals surface area contributed by atoms with Crippen LogP contribution in [0.3, 0.4) is 0 Å². The first-order valence-electron chi connectivity index (χ1n) is 6.30. The summed E-state index contributed by atoms with van der Waals surface area (Å²) in [7, 11) is 0. The molecule has 1 heterocycles. The van der Waals surface area contributed by atoms with Crippen molar-refractivity contribution in [1.82, 2.24) is 9.97 Å². The van der Waals surface area contributed by atoms with Crippen molar-refractivity contribution in [1.29, 1.82) is 0 Å². The van der Waals surface area contributed by atoms with Crippen LogP contribution in [0.4, 0.5) is 0 Å². The van der Waals surface area contributed by atoms with Crippen molar-refractivity contribution in [3.05, 3.63) is 36.3 Å². The maximum absolute atomic E-state index is 5.92. The molecule has 1 aromatic carbocycles. The van der Waals surface area contributed by atoms with Crippen LogP contribution < -0.4 is 5.73 Å². The Labute approximate surface area is 101 Å². The Morgan fingerprint density at radius 2 is 1.82 bits per heavy atom. The third-order valence-electron chi connectivity index (χ3n) is 3.64. The number of nitrogens with zero attached hydrogens (tertiary/aromatic N) is 2. The number of hydrogen-bond donors (Lipinski definition) is 1. The molecule has 0 radical (unpaired) electrons. The van der Waals surface area contributed by atoms with Crippen LogP contribution in [-0.4, -0.2) is 16.0 Å². The van der Waals surface area contributed by atoms with Crippen LogP contribution in [0.2, 0.25) is 0 Å². The molecule has 1 saturated carbocycles. The molecular weight excluding hydrogens is 210 g/mol. The van der Waals surface area contributed by atoms with Crippen LogP contribution in [0.5, 0.6) is 0 Å². The quantitative estimate of drug-likeness (QED) is 0.814. The van der Waals surface area contributed by atoms with E-state index >= 15 is 0 Å². The van der Waals surface area contributed by atoms with Gasteiger partial charge in [0.05, 0.1) is 5.52 Å². The van der Waals surface area contributed by atoms with E-state index in [2.05, 4.69) is 22.1 Å². The van der Waals surface area contributed by atoms with Gasteiger partial charge in [0.25, 0.3) is 0 Å². The summed E-state index contributed by atoms with van der Waals surface area (Å²) in [6.07, 6.45) is 6.38. The smallest absolute Gasteiger partial charge is 0.132 e. The zero-order valence-corrected chi connectivity index (χ0v) is 9.84. The molecule has 88 valence electrons. The molecule has 0 saturated heterocycles. The van der Waals surface area contributed by atoms with E-state index in [1.807, 2.05) is 18.3 Å². The monoisotopic (exact) mass is 227 g/mol. The molecule has 1 aliphatic rings. The van der Waals surface area contributed by atoms with Gasteiger partial charge in [0.2, 0.25) is 0 Å². The normalized spacial score (nSPS) is 25.0. The number of para-hydroxylation sites is 1. The molecule has 3 rings (SSSR count). The lowest BCUT2D eigenvalue weighted by atomic mass is 9.86. The zero-order chi connectivity index (χ0) is 11.7. The number of hydrogen-bond acceptors (Lipinski definition) is 3. The molecule has 0 unspecified atom stereocenters. The fraction of sp³-hybridized carbons (Fsp3) is 0.429. The second-order valence-corrected chi connectivity index (χ2v) is 4.90. The minimum absolute atomic E-state index is 0.381. The summed E-state index contributed by atoms with van der Waals surface area (Å²) >= 11 is 0. The molecule has 0 amide bonds. The molecule has 0 bridgehead atoms. The number of fused-ring (bicyclic) bond motifs is 1. The lowest BCUT2D eigenvalue weighted by Crippen LogP contribution is -2.26. The van der Waals surface area contributed by atoms with Crippen LogP contribution in [-0.2, 0) is 0 Å². The lowest BCUT2D eigenvalue weighted by molar-refractivity contribution is 0.385. The van der Waals surface area contributed by atoms with Crippen molar-refractivity contribution in [2.24, 2.45) is 5.73 Å². The second-order valence-electron chi connectivity index (χ2n) is 4.90. The highest BCUT2D eigenvalue weighted by molar-refractivity contribution is 5.77. The first-order valence-corrected chi connectivity index (χ1v) is 6.30. The summed E-state index contributed by atoms with van der Waals surface area (Å²) in [5, 5.41) is 1.11. The SMILES string of the molecule is NC1CCC(c2ncc3ccccc3n2)CC1. The molecule has 0 aliphatic heterocycles. The van der Waals surface area contributed by atoms with Crippen LogP contribution in [0.25, 0.3) is 10.9 Å². The van der Waals surface area contributed by atoms with Gasteiger partial charge in [0, 0.05) is 23.5 Å². The predicted molar refractivity (Wildman–Crippen MR) is 68.7 cm³/mol. The Bertz CT molecular complexity index is 516. The fourth-order valence-electron chi connectivity index (χ4n) is 2.56. The van der Waals surface area contributed by atoms with E-state index in [1.165, 1.54) is 0 Å². The van der Waals surface area contributed by atoms with Crippen molar-refractivity contribution < 1.29 is 0 Å². The number of rotatable bonds is 1. The molecule has 0 spiro atoms. The Morgan fingerprint density at radius 1 is 1.06 bits per heavy atom. The van der Waals surface area contributed by atoms with E-state index in [0.717, 1.165) is 42.4 Å². The first-order chi connectivity index (χ1) is 8.33. The fourth-order valence-corrected chi connectivity index (χ4v) is 2.56. The molecule has 1 fully saturated rings. The van der Waals surface area contributed by atoms with Gasteiger partial charge in [0.1, 0.15) is 5.82 Å². The second kappa shape index (κ2) is 4.41. The highest BCUT2D eigenvalue weighted by atomic mass is 14.9. The van der Waals surface area contributed by atoms with Gasteiger partial charge in [-0.05, 0) is 31.7 Å². The Hall–Kier alpha value is -1.48. The molecule has 3 nitrogen and oxygen atoms in total. The van der Waals surface area contributed by atoms with Crippen LogP contribution in [0.1, 0.15) is 37.4 Å². The number of aromatic nitrogens is 2. The van der Waals surface area contributed by atoms with E-state index < -0.39 is 0 Å². The highest BCUT2D eigenvalue weighted by Crippen LogP contribution is 2.30.